The van der Waals surface area contributed by atoms with E-state index in [0.29, 0.717) is 12.1 Å². The van der Waals surface area contributed by atoms with E-state index in [2.05, 4.69) is 26.1 Å². The number of amides is 3. The molecule has 2 aromatic heterocycles. The highest BCUT2D eigenvalue weighted by molar-refractivity contribution is 7.14. The average Bonchev–Trinajstić information content (AvgIpc) is 3.78. The van der Waals surface area contributed by atoms with Gasteiger partial charge in [0, 0.05) is 43.7 Å². The van der Waals surface area contributed by atoms with Gasteiger partial charge in [-0.3, -0.25) is 29.3 Å². The maximum atomic E-state index is 14.1. The lowest BCUT2D eigenvalue weighted by molar-refractivity contribution is -0.187. The smallest absolute Gasteiger partial charge is 0.413 e. The monoisotopic (exact) mass is 960 g/mol. The number of rotatable bonds is 22. The normalized spacial score (nSPS) is 16.1. The predicted molar refractivity (Wildman–Crippen MR) is 252 cm³/mol. The van der Waals surface area contributed by atoms with Crippen LogP contribution >= 0.6 is 11.3 Å². The molecular weight excluding hydrogens is 909 g/mol. The van der Waals surface area contributed by atoms with Crippen molar-refractivity contribution < 1.29 is 52.7 Å². The Balaban J connectivity index is 0.987. The fourth-order valence-corrected chi connectivity index (χ4v) is 7.83. The summed E-state index contributed by atoms with van der Waals surface area (Å²) in [6, 6.07) is 28.3. The molecule has 69 heavy (non-hydrogen) atoms. The van der Waals surface area contributed by atoms with Crippen LogP contribution in [0.25, 0.3) is 0 Å². The van der Waals surface area contributed by atoms with Crippen LogP contribution in [0.4, 0.5) is 9.93 Å². The van der Waals surface area contributed by atoms with E-state index in [1.54, 1.807) is 20.8 Å². The van der Waals surface area contributed by atoms with Crippen LogP contribution in [0.1, 0.15) is 81.0 Å². The molecule has 3 N–H and O–H groups in total. The number of benzene rings is 3. The molecule has 18 nitrogen and oxygen atoms in total. The highest BCUT2D eigenvalue weighted by Gasteiger charge is 2.50. The first-order valence-corrected chi connectivity index (χ1v) is 23.2. The van der Waals surface area contributed by atoms with Crippen LogP contribution in [0.3, 0.4) is 0 Å². The zero-order valence-electron chi connectivity index (χ0n) is 38.3. The molecule has 0 radical (unpaired) electrons. The van der Waals surface area contributed by atoms with Gasteiger partial charge in [-0.1, -0.05) is 96.2 Å². The number of aromatic nitrogens is 2. The topological polar surface area (TPSA) is 232 Å². The molecule has 360 valence electrons. The molecular formula is C50H52N6O12S. The Labute approximate surface area is 401 Å². The number of Topliss-reactive ketones (excluding diaryl/α,β-unsaturated/α-hetero) is 2. The number of anilines is 1. The number of carbonyl (C=O) groups is 6. The van der Waals surface area contributed by atoms with E-state index in [-0.39, 0.29) is 74.3 Å². The first-order chi connectivity index (χ1) is 33.1. The van der Waals surface area contributed by atoms with Crippen LogP contribution in [-0.4, -0.2) is 74.7 Å². The lowest BCUT2D eigenvalue weighted by Gasteiger charge is -2.37. The van der Waals surface area contributed by atoms with E-state index in [1.165, 1.54) is 22.4 Å². The summed E-state index contributed by atoms with van der Waals surface area (Å²) in [4.78, 5) is 109. The molecule has 2 atom stereocenters. The Kier molecular flexibility index (Phi) is 16.0. The number of hydrogen-bond donors (Lipinski definition) is 3. The molecule has 1 saturated heterocycles. The molecule has 19 heteroatoms. The second kappa shape index (κ2) is 22.4. The summed E-state index contributed by atoms with van der Waals surface area (Å²) in [5, 5.41) is 13.5. The van der Waals surface area contributed by atoms with Crippen molar-refractivity contribution in [2.24, 2.45) is 11.1 Å². The number of esters is 1. The Morgan fingerprint density at radius 3 is 2.12 bits per heavy atom. The molecule has 3 heterocycles. The number of thiazole rings is 1. The fourth-order valence-electron chi connectivity index (χ4n) is 7.15. The minimum atomic E-state index is -1.46. The molecule has 3 amide bonds. The lowest BCUT2D eigenvalue weighted by Crippen LogP contribution is -2.63. The van der Waals surface area contributed by atoms with Gasteiger partial charge in [0.15, 0.2) is 22.4 Å². The van der Waals surface area contributed by atoms with Gasteiger partial charge in [-0.2, -0.15) is 4.73 Å². The first kappa shape index (κ1) is 49.2. The Hall–Kier alpha value is -7.67. The number of ketones is 2. The van der Waals surface area contributed by atoms with Gasteiger partial charge in [0.1, 0.15) is 31.1 Å². The van der Waals surface area contributed by atoms with Crippen LogP contribution < -0.4 is 31.0 Å². The average molecular weight is 961 g/mol. The van der Waals surface area contributed by atoms with Crippen molar-refractivity contribution in [2.45, 2.75) is 96.4 Å². The SMILES string of the molecule is CC(C)(C)OC(=O)Nc1nc(/C(=N/OC2(C(=O)OCc3ccccc3)CCC2)C(=O)C[C@@H]2C(=O)N[C@@H]2CNC(=O)C(=O)CCc2cc(=O)c(OCc3ccccc3)cn2OCc2ccccc2)cs1. The van der Waals surface area contributed by atoms with Gasteiger partial charge >= 0.3 is 12.1 Å². The molecule has 0 spiro atoms. The number of ether oxygens (including phenoxy) is 3. The van der Waals surface area contributed by atoms with Crippen molar-refractivity contribution >= 4 is 57.6 Å². The number of pyridine rings is 1. The van der Waals surface area contributed by atoms with E-state index in [4.69, 9.17) is 23.9 Å². The van der Waals surface area contributed by atoms with Crippen LogP contribution in [0.5, 0.6) is 5.75 Å². The Bertz CT molecular complexity index is 2730. The molecule has 0 bridgehead atoms. The molecule has 0 unspecified atom stereocenters. The van der Waals surface area contributed by atoms with Crippen molar-refractivity contribution in [2.75, 3.05) is 11.9 Å². The van der Waals surface area contributed by atoms with Crippen LogP contribution in [-0.2, 0) is 64.5 Å². The van der Waals surface area contributed by atoms with Crippen molar-refractivity contribution in [3.63, 3.8) is 0 Å². The Morgan fingerprint density at radius 2 is 1.51 bits per heavy atom. The lowest BCUT2D eigenvalue weighted by atomic mass is 9.80. The van der Waals surface area contributed by atoms with E-state index in [9.17, 15) is 33.6 Å². The summed E-state index contributed by atoms with van der Waals surface area (Å²) in [7, 11) is 0. The van der Waals surface area contributed by atoms with E-state index in [1.807, 2.05) is 91.0 Å². The molecule has 1 aliphatic heterocycles. The van der Waals surface area contributed by atoms with Crippen molar-refractivity contribution in [3.8, 4) is 5.75 Å². The molecule has 5 aromatic rings. The number of hydrogen-bond acceptors (Lipinski definition) is 15. The summed E-state index contributed by atoms with van der Waals surface area (Å²) < 4.78 is 18.1. The van der Waals surface area contributed by atoms with E-state index < -0.39 is 70.5 Å². The second-order valence-electron chi connectivity index (χ2n) is 17.4. The third-order valence-electron chi connectivity index (χ3n) is 11.1. The van der Waals surface area contributed by atoms with Gasteiger partial charge in [-0.05, 0) is 50.3 Å². The summed E-state index contributed by atoms with van der Waals surface area (Å²) in [6.45, 7) is 5.19. The molecule has 2 fully saturated rings. The molecule has 1 aliphatic carbocycles. The minimum absolute atomic E-state index is 0.00165. The quantitative estimate of drug-likeness (QED) is 0.0251. The number of nitrogens with one attached hydrogen (secondary N) is 3. The van der Waals surface area contributed by atoms with E-state index in [0.717, 1.165) is 28.0 Å². The molecule has 7 rings (SSSR count). The second-order valence-corrected chi connectivity index (χ2v) is 18.3. The van der Waals surface area contributed by atoms with Crippen molar-refractivity contribution in [1.82, 2.24) is 20.3 Å². The standard InChI is InChI=1S/C50H52N6O12S/c1-49(2,3)67-48(63)54-47-53-38(31-69-47)43(55-68-50(22-13-23-50)46(62)65-29-33-16-9-5-10-17-33)41(59)25-36-37(52-44(36)60)26-51-45(61)39(57)21-20-35-24-40(58)42(64-28-32-14-7-4-8-15-32)27-56(35)66-30-34-18-11-6-12-19-34/h4-12,14-19,24,27,31,36-37H,13,20-23,25-26,28-30H2,1-3H3,(H,51,61)(H,52,60)(H,53,54,63)/b55-43-/t36-,37+/m0/s1. The highest BCUT2D eigenvalue weighted by Crippen LogP contribution is 2.38. The van der Waals surface area contributed by atoms with Crippen molar-refractivity contribution in [3.05, 3.63) is 147 Å². The molecule has 2 aliphatic rings. The summed E-state index contributed by atoms with van der Waals surface area (Å²) in [6.07, 6.45) is 1.09. The van der Waals surface area contributed by atoms with Gasteiger partial charge in [-0.15, -0.1) is 11.3 Å². The minimum Gasteiger partial charge on any atom is -0.483 e. The largest absolute Gasteiger partial charge is 0.483 e. The number of carbonyl (C=O) groups excluding carboxylic acids is 6. The first-order valence-electron chi connectivity index (χ1n) is 22.3. The van der Waals surface area contributed by atoms with Crippen LogP contribution in [0, 0.1) is 5.92 Å². The van der Waals surface area contributed by atoms with Gasteiger partial charge in [0.05, 0.1) is 23.9 Å². The fraction of sp³-hybridized carbons (Fsp3) is 0.340. The maximum Gasteiger partial charge on any atom is 0.413 e. The number of oxime groups is 1. The van der Waals surface area contributed by atoms with Gasteiger partial charge in [0.25, 0.3) is 5.91 Å². The number of nitrogens with zero attached hydrogens (tertiary/aromatic N) is 3. The maximum absolute atomic E-state index is 14.1. The Morgan fingerprint density at radius 1 is 0.870 bits per heavy atom. The predicted octanol–water partition coefficient (Wildman–Crippen LogP) is 5.64. The van der Waals surface area contributed by atoms with Gasteiger partial charge in [0.2, 0.25) is 22.7 Å². The zero-order valence-corrected chi connectivity index (χ0v) is 39.1. The number of aryl methyl sites for hydroxylation is 1. The molecule has 1 saturated carbocycles. The van der Waals surface area contributed by atoms with Crippen molar-refractivity contribution in [1.29, 1.82) is 0 Å². The third kappa shape index (κ3) is 13.5. The van der Waals surface area contributed by atoms with E-state index >= 15 is 0 Å². The molecule has 3 aromatic carbocycles. The summed E-state index contributed by atoms with van der Waals surface area (Å²) >= 11 is 0.984. The van der Waals surface area contributed by atoms with Gasteiger partial charge < -0.3 is 34.5 Å². The summed E-state index contributed by atoms with van der Waals surface area (Å²) in [5.74, 6) is -4.47. The summed E-state index contributed by atoms with van der Waals surface area (Å²) in [5.41, 5.74) is -0.198. The van der Waals surface area contributed by atoms with Crippen LogP contribution in [0.2, 0.25) is 0 Å². The van der Waals surface area contributed by atoms with Crippen LogP contribution in [0.15, 0.2) is 119 Å². The van der Waals surface area contributed by atoms with Gasteiger partial charge in [-0.25, -0.2) is 14.6 Å². The highest BCUT2D eigenvalue weighted by atomic mass is 32.1. The number of β-lactam (4-membered cyclic amide) rings is 1. The third-order valence-corrected chi connectivity index (χ3v) is 11.8. The zero-order chi connectivity index (χ0) is 49.0.